The Kier molecular flexibility index (Phi) is 5.92. The summed E-state index contributed by atoms with van der Waals surface area (Å²) in [5.41, 5.74) is 4.16. The second-order valence-corrected chi connectivity index (χ2v) is 9.40. The predicted octanol–water partition coefficient (Wildman–Crippen LogP) is 5.17. The van der Waals surface area contributed by atoms with Gasteiger partial charge in [0.15, 0.2) is 10.9 Å². The SMILES string of the molecule is Cc1nc(-n2ccc(OCc3ccccc3)cc2=O)sc1C(=O)CC1Cc2ccccc2C1. The van der Waals surface area contributed by atoms with Gasteiger partial charge in [-0.15, -0.1) is 0 Å². The van der Waals surface area contributed by atoms with E-state index in [0.29, 0.717) is 40.4 Å². The Hall–Kier alpha value is -3.51. The van der Waals surface area contributed by atoms with E-state index < -0.39 is 0 Å². The number of thiazole rings is 1. The lowest BCUT2D eigenvalue weighted by Crippen LogP contribution is -2.16. The van der Waals surface area contributed by atoms with E-state index in [1.807, 2.05) is 37.3 Å². The number of benzene rings is 2. The van der Waals surface area contributed by atoms with Crippen molar-refractivity contribution >= 4 is 17.1 Å². The number of rotatable bonds is 7. The maximum Gasteiger partial charge on any atom is 0.260 e. The summed E-state index contributed by atoms with van der Waals surface area (Å²) in [7, 11) is 0. The molecule has 0 N–H and O–H groups in total. The van der Waals surface area contributed by atoms with Crippen molar-refractivity contribution in [3.05, 3.63) is 111 Å². The quantitative estimate of drug-likeness (QED) is 0.360. The fraction of sp³-hybridized carbons (Fsp3) is 0.222. The molecular weight excluding hydrogens is 432 g/mol. The van der Waals surface area contributed by atoms with Gasteiger partial charge in [-0.3, -0.25) is 14.2 Å². The molecule has 0 saturated heterocycles. The van der Waals surface area contributed by atoms with Gasteiger partial charge in [0.05, 0.1) is 10.6 Å². The molecule has 2 aromatic heterocycles. The lowest BCUT2D eigenvalue weighted by molar-refractivity contribution is 0.0966. The van der Waals surface area contributed by atoms with E-state index in [9.17, 15) is 9.59 Å². The Morgan fingerprint density at radius 1 is 1.06 bits per heavy atom. The summed E-state index contributed by atoms with van der Waals surface area (Å²) in [5.74, 6) is 0.930. The van der Waals surface area contributed by atoms with E-state index in [1.165, 1.54) is 33.1 Å². The smallest absolute Gasteiger partial charge is 0.260 e. The number of fused-ring (bicyclic) bond motifs is 1. The van der Waals surface area contributed by atoms with Crippen LogP contribution in [-0.4, -0.2) is 15.3 Å². The fourth-order valence-electron chi connectivity index (χ4n) is 4.34. The maximum absolute atomic E-state index is 13.0. The average molecular weight is 457 g/mol. The molecule has 0 saturated carbocycles. The van der Waals surface area contributed by atoms with E-state index in [0.717, 1.165) is 18.4 Å². The molecule has 2 heterocycles. The zero-order valence-electron chi connectivity index (χ0n) is 18.4. The molecule has 0 fully saturated rings. The average Bonchev–Trinajstić information content (AvgIpc) is 3.41. The van der Waals surface area contributed by atoms with Gasteiger partial charge in [0.2, 0.25) is 0 Å². The Bertz CT molecular complexity index is 1330. The van der Waals surface area contributed by atoms with Gasteiger partial charge in [-0.05, 0) is 48.4 Å². The maximum atomic E-state index is 13.0. The molecule has 0 spiro atoms. The van der Waals surface area contributed by atoms with Gasteiger partial charge in [-0.25, -0.2) is 4.98 Å². The highest BCUT2D eigenvalue weighted by atomic mass is 32.1. The Morgan fingerprint density at radius 3 is 2.45 bits per heavy atom. The number of aryl methyl sites for hydroxylation is 1. The third-order valence-corrected chi connectivity index (χ3v) is 7.19. The number of Topliss-reactive ketones (excluding diaryl/α,β-unsaturated/α-hetero) is 1. The van der Waals surface area contributed by atoms with E-state index >= 15 is 0 Å². The summed E-state index contributed by atoms with van der Waals surface area (Å²) in [6.45, 7) is 2.23. The van der Waals surface area contributed by atoms with Crippen LogP contribution < -0.4 is 10.3 Å². The first kappa shape index (κ1) is 21.3. The molecule has 5 nitrogen and oxygen atoms in total. The molecule has 0 atom stereocenters. The summed E-state index contributed by atoms with van der Waals surface area (Å²) >= 11 is 1.28. The van der Waals surface area contributed by atoms with Crippen molar-refractivity contribution in [1.29, 1.82) is 0 Å². The predicted molar refractivity (Wildman–Crippen MR) is 130 cm³/mol. The minimum absolute atomic E-state index is 0.102. The number of carbonyl (C=O) groups is 1. The van der Waals surface area contributed by atoms with Gasteiger partial charge in [0.1, 0.15) is 12.4 Å². The molecule has 0 amide bonds. The first-order chi connectivity index (χ1) is 16.1. The zero-order chi connectivity index (χ0) is 22.8. The number of aromatic nitrogens is 2. The Labute approximate surface area is 196 Å². The van der Waals surface area contributed by atoms with Gasteiger partial charge in [0, 0.05) is 18.7 Å². The van der Waals surface area contributed by atoms with Crippen molar-refractivity contribution in [3.63, 3.8) is 0 Å². The molecule has 0 aliphatic heterocycles. The molecule has 6 heteroatoms. The second-order valence-electron chi connectivity index (χ2n) is 8.43. The van der Waals surface area contributed by atoms with Crippen LogP contribution in [0.2, 0.25) is 0 Å². The van der Waals surface area contributed by atoms with E-state index in [2.05, 4.69) is 29.2 Å². The Balaban J connectivity index is 1.28. The molecule has 166 valence electrons. The molecule has 1 aliphatic rings. The van der Waals surface area contributed by atoms with Crippen molar-refractivity contribution < 1.29 is 9.53 Å². The minimum atomic E-state index is -0.237. The monoisotopic (exact) mass is 456 g/mol. The molecule has 5 rings (SSSR count). The standard InChI is InChI=1S/C27H24N2O3S/c1-18-26(24(30)15-20-13-21-9-5-6-10-22(21)14-20)33-27(28-18)29-12-11-23(16-25(29)31)32-17-19-7-3-2-4-8-19/h2-12,16,20H,13-15,17H2,1H3. The van der Waals surface area contributed by atoms with Crippen molar-refractivity contribution in [1.82, 2.24) is 9.55 Å². The number of hydrogen-bond donors (Lipinski definition) is 0. The lowest BCUT2D eigenvalue weighted by atomic mass is 9.98. The molecular formula is C27H24N2O3S. The minimum Gasteiger partial charge on any atom is -0.489 e. The topological polar surface area (TPSA) is 61.2 Å². The van der Waals surface area contributed by atoms with Crippen LogP contribution in [0.3, 0.4) is 0 Å². The van der Waals surface area contributed by atoms with Gasteiger partial charge >= 0.3 is 0 Å². The molecule has 0 unspecified atom stereocenters. The van der Waals surface area contributed by atoms with Crippen LogP contribution in [0.5, 0.6) is 5.75 Å². The number of ether oxygens (including phenoxy) is 1. The number of carbonyl (C=O) groups excluding carboxylic acids is 1. The second kappa shape index (κ2) is 9.16. The van der Waals surface area contributed by atoms with E-state index in [-0.39, 0.29) is 11.3 Å². The Morgan fingerprint density at radius 2 is 1.76 bits per heavy atom. The van der Waals surface area contributed by atoms with E-state index in [4.69, 9.17) is 4.74 Å². The van der Waals surface area contributed by atoms with Gasteiger partial charge in [0.25, 0.3) is 5.56 Å². The highest BCUT2D eigenvalue weighted by Crippen LogP contribution is 2.31. The van der Waals surface area contributed by atoms with Crippen LogP contribution in [0.1, 0.15) is 38.5 Å². The van der Waals surface area contributed by atoms with Crippen LogP contribution in [0.4, 0.5) is 0 Å². The number of pyridine rings is 1. The van der Waals surface area contributed by atoms with Crippen molar-refractivity contribution in [2.24, 2.45) is 5.92 Å². The number of hydrogen-bond acceptors (Lipinski definition) is 5. The molecule has 0 bridgehead atoms. The number of ketones is 1. The molecule has 4 aromatic rings. The summed E-state index contributed by atoms with van der Waals surface area (Å²) in [5, 5.41) is 0.505. The van der Waals surface area contributed by atoms with Crippen LogP contribution >= 0.6 is 11.3 Å². The molecule has 2 aromatic carbocycles. The van der Waals surface area contributed by atoms with Crippen molar-refractivity contribution in [3.8, 4) is 10.9 Å². The molecule has 33 heavy (non-hydrogen) atoms. The number of nitrogens with zero attached hydrogens (tertiary/aromatic N) is 2. The summed E-state index contributed by atoms with van der Waals surface area (Å²) < 4.78 is 7.21. The highest BCUT2D eigenvalue weighted by molar-refractivity contribution is 7.16. The normalized spacial score (nSPS) is 13.1. The first-order valence-electron chi connectivity index (χ1n) is 11.0. The van der Waals surface area contributed by atoms with Gasteiger partial charge < -0.3 is 4.74 Å². The third kappa shape index (κ3) is 4.66. The van der Waals surface area contributed by atoms with Crippen LogP contribution in [-0.2, 0) is 19.4 Å². The van der Waals surface area contributed by atoms with Crippen LogP contribution in [0.25, 0.3) is 5.13 Å². The lowest BCUT2D eigenvalue weighted by Gasteiger charge is -2.07. The van der Waals surface area contributed by atoms with Crippen LogP contribution in [0.15, 0.2) is 77.7 Å². The summed E-state index contributed by atoms with van der Waals surface area (Å²) in [4.78, 5) is 30.9. The van der Waals surface area contributed by atoms with E-state index in [1.54, 1.807) is 12.3 Å². The van der Waals surface area contributed by atoms with Crippen LogP contribution in [0, 0.1) is 12.8 Å². The first-order valence-corrected chi connectivity index (χ1v) is 11.9. The van der Waals surface area contributed by atoms with Gasteiger partial charge in [-0.2, -0.15) is 0 Å². The third-order valence-electron chi connectivity index (χ3n) is 5.99. The summed E-state index contributed by atoms with van der Waals surface area (Å²) in [6.07, 6.45) is 4.04. The molecule has 0 radical (unpaired) electrons. The van der Waals surface area contributed by atoms with Crippen molar-refractivity contribution in [2.75, 3.05) is 0 Å². The van der Waals surface area contributed by atoms with Gasteiger partial charge in [-0.1, -0.05) is 65.9 Å². The zero-order valence-corrected chi connectivity index (χ0v) is 19.2. The van der Waals surface area contributed by atoms with Crippen molar-refractivity contribution in [2.45, 2.75) is 32.8 Å². The molecule has 1 aliphatic carbocycles. The largest absolute Gasteiger partial charge is 0.489 e. The summed E-state index contributed by atoms with van der Waals surface area (Å²) in [6, 6.07) is 21.4. The highest BCUT2D eigenvalue weighted by Gasteiger charge is 2.26. The fourth-order valence-corrected chi connectivity index (χ4v) is 5.35.